The van der Waals surface area contributed by atoms with Gasteiger partial charge in [-0.05, 0) is 24.1 Å². The van der Waals surface area contributed by atoms with Crippen LogP contribution in [0, 0.1) is 5.92 Å². The lowest BCUT2D eigenvalue weighted by Gasteiger charge is -2.08. The van der Waals surface area contributed by atoms with Crippen LogP contribution >= 0.6 is 28.3 Å². The van der Waals surface area contributed by atoms with Crippen molar-refractivity contribution in [3.8, 4) is 0 Å². The normalized spacial score (nSPS) is 10.0. The highest BCUT2D eigenvalue weighted by molar-refractivity contribution is 9.10. The molecule has 1 aromatic carbocycles. The number of rotatable bonds is 4. The molecule has 0 saturated carbocycles. The predicted molar refractivity (Wildman–Crippen MR) is 67.9 cm³/mol. The first kappa shape index (κ1) is 13.9. The summed E-state index contributed by atoms with van der Waals surface area (Å²) in [5, 5.41) is 3.41. The molecule has 80 valence electrons. The van der Waals surface area contributed by atoms with Crippen LogP contribution in [-0.2, 0) is 6.54 Å². The maximum atomic E-state index is 3.52. The van der Waals surface area contributed by atoms with Crippen LogP contribution in [0.5, 0.6) is 0 Å². The fourth-order valence-corrected chi connectivity index (χ4v) is 1.56. The Labute approximate surface area is 101 Å². The summed E-state index contributed by atoms with van der Waals surface area (Å²) in [5.41, 5.74) is 1.32. The Morgan fingerprint density at radius 2 is 1.93 bits per heavy atom. The highest BCUT2D eigenvalue weighted by Crippen LogP contribution is 2.15. The van der Waals surface area contributed by atoms with E-state index in [1.54, 1.807) is 0 Å². The monoisotopic (exact) mass is 277 g/mol. The van der Waals surface area contributed by atoms with Gasteiger partial charge in [0.25, 0.3) is 0 Å². The molecule has 0 radical (unpaired) electrons. The van der Waals surface area contributed by atoms with Gasteiger partial charge in [0, 0.05) is 11.0 Å². The summed E-state index contributed by atoms with van der Waals surface area (Å²) in [7, 11) is 0. The van der Waals surface area contributed by atoms with Crippen molar-refractivity contribution in [2.24, 2.45) is 5.92 Å². The molecule has 0 aliphatic heterocycles. The minimum absolute atomic E-state index is 0. The third kappa shape index (κ3) is 4.99. The van der Waals surface area contributed by atoms with Crippen LogP contribution in [-0.4, -0.2) is 6.54 Å². The summed E-state index contributed by atoms with van der Waals surface area (Å²) >= 11 is 3.52. The average Bonchev–Trinajstić information content (AvgIpc) is 2.08. The van der Waals surface area contributed by atoms with Crippen molar-refractivity contribution < 1.29 is 0 Å². The number of benzene rings is 1. The van der Waals surface area contributed by atoms with Crippen molar-refractivity contribution in [2.45, 2.75) is 20.4 Å². The lowest BCUT2D eigenvalue weighted by Crippen LogP contribution is -2.19. The van der Waals surface area contributed by atoms with Crippen LogP contribution in [0.2, 0.25) is 0 Å². The molecular weight excluding hydrogens is 261 g/mol. The molecule has 3 heteroatoms. The van der Waals surface area contributed by atoms with Crippen molar-refractivity contribution in [1.82, 2.24) is 5.32 Å². The summed E-state index contributed by atoms with van der Waals surface area (Å²) in [4.78, 5) is 0. The van der Waals surface area contributed by atoms with E-state index in [9.17, 15) is 0 Å². The minimum Gasteiger partial charge on any atom is -0.312 e. The van der Waals surface area contributed by atoms with E-state index in [-0.39, 0.29) is 12.4 Å². The van der Waals surface area contributed by atoms with Crippen molar-refractivity contribution in [2.75, 3.05) is 6.54 Å². The molecule has 0 amide bonds. The average molecular weight is 279 g/mol. The smallest absolute Gasteiger partial charge is 0.0220 e. The number of nitrogens with one attached hydrogen (secondary N) is 1. The molecule has 0 unspecified atom stereocenters. The third-order valence-corrected chi connectivity index (χ3v) is 2.60. The second kappa shape index (κ2) is 7.27. The van der Waals surface area contributed by atoms with E-state index in [1.165, 1.54) is 10.0 Å². The van der Waals surface area contributed by atoms with Gasteiger partial charge in [-0.15, -0.1) is 12.4 Å². The first-order valence-corrected chi connectivity index (χ1v) is 5.43. The topological polar surface area (TPSA) is 12.0 Å². The zero-order valence-corrected chi connectivity index (χ0v) is 11.0. The zero-order valence-electron chi connectivity index (χ0n) is 8.59. The predicted octanol–water partition coefficient (Wildman–Crippen LogP) is 3.62. The zero-order chi connectivity index (χ0) is 9.68. The molecule has 0 heterocycles. The Morgan fingerprint density at radius 3 is 2.50 bits per heavy atom. The quantitative estimate of drug-likeness (QED) is 0.887. The molecule has 0 atom stereocenters. The summed E-state index contributed by atoms with van der Waals surface area (Å²) in [5.74, 6) is 0.711. The highest BCUT2D eigenvalue weighted by atomic mass is 79.9. The molecule has 0 bridgehead atoms. The van der Waals surface area contributed by atoms with Gasteiger partial charge >= 0.3 is 0 Å². The van der Waals surface area contributed by atoms with Gasteiger partial charge in [0.2, 0.25) is 0 Å². The van der Waals surface area contributed by atoms with E-state index in [1.807, 2.05) is 6.07 Å². The Balaban J connectivity index is 0.00000169. The van der Waals surface area contributed by atoms with Gasteiger partial charge in [0.15, 0.2) is 0 Å². The highest BCUT2D eigenvalue weighted by Gasteiger charge is 1.98. The molecule has 0 aliphatic carbocycles. The second-order valence-corrected chi connectivity index (χ2v) is 4.47. The summed E-state index contributed by atoms with van der Waals surface area (Å²) < 4.78 is 1.19. The van der Waals surface area contributed by atoms with Gasteiger partial charge in [0.1, 0.15) is 0 Å². The van der Waals surface area contributed by atoms with E-state index in [2.05, 4.69) is 53.3 Å². The molecule has 0 aliphatic rings. The van der Waals surface area contributed by atoms with Gasteiger partial charge < -0.3 is 5.32 Å². The second-order valence-electron chi connectivity index (χ2n) is 3.62. The molecule has 0 aromatic heterocycles. The van der Waals surface area contributed by atoms with Gasteiger partial charge in [-0.2, -0.15) is 0 Å². The van der Waals surface area contributed by atoms with E-state index < -0.39 is 0 Å². The Bertz CT molecular complexity index is 263. The summed E-state index contributed by atoms with van der Waals surface area (Å²) in [6, 6.07) is 8.32. The van der Waals surface area contributed by atoms with Gasteiger partial charge in [-0.3, -0.25) is 0 Å². The van der Waals surface area contributed by atoms with Crippen LogP contribution in [0.25, 0.3) is 0 Å². The molecule has 1 rings (SSSR count). The maximum Gasteiger partial charge on any atom is 0.0220 e. The number of hydrogen-bond acceptors (Lipinski definition) is 1. The van der Waals surface area contributed by atoms with Crippen molar-refractivity contribution in [1.29, 1.82) is 0 Å². The summed E-state index contributed by atoms with van der Waals surface area (Å²) in [6.07, 6.45) is 0. The van der Waals surface area contributed by atoms with Crippen LogP contribution < -0.4 is 5.32 Å². The van der Waals surface area contributed by atoms with E-state index in [0.717, 1.165) is 13.1 Å². The van der Waals surface area contributed by atoms with Gasteiger partial charge in [-0.25, -0.2) is 0 Å². The largest absolute Gasteiger partial charge is 0.312 e. The van der Waals surface area contributed by atoms with Gasteiger partial charge in [-0.1, -0.05) is 48.0 Å². The van der Waals surface area contributed by atoms with Crippen LogP contribution in [0.1, 0.15) is 19.4 Å². The Morgan fingerprint density at radius 1 is 1.29 bits per heavy atom. The van der Waals surface area contributed by atoms with Crippen molar-refractivity contribution in [3.63, 3.8) is 0 Å². The Hall–Kier alpha value is -0.0500. The number of hydrogen-bond donors (Lipinski definition) is 1. The maximum absolute atomic E-state index is 3.52. The van der Waals surface area contributed by atoms with Crippen LogP contribution in [0.4, 0.5) is 0 Å². The lowest BCUT2D eigenvalue weighted by molar-refractivity contribution is 0.552. The first-order valence-electron chi connectivity index (χ1n) is 4.64. The Kier molecular flexibility index (Phi) is 7.24. The van der Waals surface area contributed by atoms with Crippen molar-refractivity contribution >= 4 is 28.3 Å². The molecule has 1 nitrogen and oxygen atoms in total. The standard InChI is InChI=1S/C11H16BrN.ClH/c1-9(2)7-13-8-10-5-3-4-6-11(10)12;/h3-6,9,13H,7-8H2,1-2H3;1H. The molecule has 1 aromatic rings. The van der Waals surface area contributed by atoms with Crippen LogP contribution in [0.15, 0.2) is 28.7 Å². The fourth-order valence-electron chi connectivity index (χ4n) is 1.14. The van der Waals surface area contributed by atoms with Gasteiger partial charge in [0.05, 0.1) is 0 Å². The first-order chi connectivity index (χ1) is 6.20. The molecule has 0 fully saturated rings. The van der Waals surface area contributed by atoms with E-state index in [0.29, 0.717) is 5.92 Å². The van der Waals surface area contributed by atoms with E-state index >= 15 is 0 Å². The number of halogens is 2. The van der Waals surface area contributed by atoms with E-state index in [4.69, 9.17) is 0 Å². The fraction of sp³-hybridized carbons (Fsp3) is 0.455. The van der Waals surface area contributed by atoms with Crippen LogP contribution in [0.3, 0.4) is 0 Å². The molecular formula is C11H17BrClN. The molecule has 0 spiro atoms. The minimum atomic E-state index is 0. The lowest BCUT2D eigenvalue weighted by atomic mass is 10.2. The third-order valence-electron chi connectivity index (χ3n) is 1.83. The molecule has 1 N–H and O–H groups in total. The van der Waals surface area contributed by atoms with Crippen molar-refractivity contribution in [3.05, 3.63) is 34.3 Å². The SMILES string of the molecule is CC(C)CNCc1ccccc1Br.Cl. The molecule has 0 saturated heterocycles. The molecule has 14 heavy (non-hydrogen) atoms. The summed E-state index contributed by atoms with van der Waals surface area (Å²) in [6.45, 7) is 6.45.